The molecule has 59 heavy (non-hydrogen) atoms. The van der Waals surface area contributed by atoms with Crippen molar-refractivity contribution >= 4 is 40.8 Å². The average molecular weight is 840 g/mol. The molecule has 1 fully saturated rings. The zero-order chi connectivity index (χ0) is 42.2. The number of hydrogen-bond donors (Lipinski definition) is 5. The normalized spacial score (nSPS) is 14.9. The highest BCUT2D eigenvalue weighted by atomic mass is 32.2. The summed E-state index contributed by atoms with van der Waals surface area (Å²) in [6, 6.07) is 31.1. The fourth-order valence-electron chi connectivity index (χ4n) is 6.98. The first kappa shape index (κ1) is 43.7. The number of benzene rings is 4. The number of phenolic OH excluding ortho intramolecular Hbond substituents is 1. The van der Waals surface area contributed by atoms with Crippen molar-refractivity contribution in [1.29, 1.82) is 0 Å². The summed E-state index contributed by atoms with van der Waals surface area (Å²) in [7, 11) is -5.80. The molecule has 6 rings (SSSR count). The van der Waals surface area contributed by atoms with E-state index in [9.17, 15) is 23.1 Å². The summed E-state index contributed by atoms with van der Waals surface area (Å²) in [6.07, 6.45) is 0.381. The van der Waals surface area contributed by atoms with Gasteiger partial charge in [-0.25, -0.2) is 13.2 Å². The number of ether oxygens (including phenoxy) is 1. The lowest BCUT2D eigenvalue weighted by atomic mass is 10.0. The molecule has 2 heterocycles. The number of amides is 1. The Morgan fingerprint density at radius 3 is 2.32 bits per heavy atom. The van der Waals surface area contributed by atoms with Gasteiger partial charge >= 0.3 is 6.09 Å². The Labute approximate surface area is 348 Å². The number of piperidine rings is 1. The van der Waals surface area contributed by atoms with Crippen molar-refractivity contribution in [2.45, 2.75) is 75.4 Å². The van der Waals surface area contributed by atoms with E-state index in [1.807, 2.05) is 72.8 Å². The van der Waals surface area contributed by atoms with Crippen molar-refractivity contribution in [2.75, 3.05) is 43.9 Å². The second-order valence-electron chi connectivity index (χ2n) is 16.7. The molecule has 0 unspecified atom stereocenters. The summed E-state index contributed by atoms with van der Waals surface area (Å²) < 4.78 is 39.1. The third-order valence-corrected chi connectivity index (χ3v) is 17.5. The molecule has 1 aromatic heterocycles. The number of anilines is 1. The number of likely N-dealkylation sites (tertiary alicyclic amines) is 1. The van der Waals surface area contributed by atoms with Crippen LogP contribution in [0.5, 0.6) is 5.75 Å². The smallest absolute Gasteiger partial charge is 0.411 e. The summed E-state index contributed by atoms with van der Waals surface area (Å²) in [4.78, 5) is 30.1. The molecule has 1 atom stereocenters. The van der Waals surface area contributed by atoms with Crippen LogP contribution in [0.1, 0.15) is 50.8 Å². The van der Waals surface area contributed by atoms with Crippen LogP contribution in [-0.4, -0.2) is 82.5 Å². The van der Waals surface area contributed by atoms with Gasteiger partial charge < -0.3 is 34.8 Å². The molecule has 0 aliphatic carbocycles. The molecule has 314 valence electrons. The van der Waals surface area contributed by atoms with E-state index in [1.165, 1.54) is 6.07 Å². The van der Waals surface area contributed by atoms with E-state index >= 15 is 0 Å². The van der Waals surface area contributed by atoms with Crippen molar-refractivity contribution in [3.05, 3.63) is 125 Å². The molecule has 0 radical (unpaired) electrons. The number of nitrogens with zero attached hydrogens (tertiary/aromatic N) is 1. The van der Waals surface area contributed by atoms with Crippen molar-refractivity contribution in [3.8, 4) is 16.9 Å². The number of para-hydroxylation sites is 1. The van der Waals surface area contributed by atoms with Gasteiger partial charge in [0.2, 0.25) is 5.56 Å². The first-order valence-corrected chi connectivity index (χ1v) is 24.8. The number of carbonyl (C=O) groups excluding carboxylic acids is 1. The molecule has 1 amide bonds. The lowest BCUT2D eigenvalue weighted by Crippen LogP contribution is -2.43. The SMILES string of the molecule is CC(C)(C)[Si](C)(C)O[C@@H](CNCc1ccc(S(=O)(=O)CNCCN2CCC(OC(=O)Nc3ccccc3-c3ccccc3)CC2)cc1)c1ccc(O)c2[nH]c(=O)ccc12. The number of H-pyrrole nitrogens is 1. The van der Waals surface area contributed by atoms with Crippen LogP contribution in [0, 0.1) is 0 Å². The van der Waals surface area contributed by atoms with Gasteiger partial charge in [0.1, 0.15) is 17.7 Å². The Hall–Kier alpha value is -4.83. The number of phenols is 1. The minimum absolute atomic E-state index is 0.00155. The van der Waals surface area contributed by atoms with Gasteiger partial charge in [-0.1, -0.05) is 87.5 Å². The second kappa shape index (κ2) is 19.0. The molecular formula is C45H57N5O7SSi. The number of pyridine rings is 1. The molecular weight excluding hydrogens is 783 g/mol. The summed E-state index contributed by atoms with van der Waals surface area (Å²) >= 11 is 0. The first-order valence-electron chi connectivity index (χ1n) is 20.2. The molecule has 1 aliphatic heterocycles. The van der Waals surface area contributed by atoms with Crippen LogP contribution in [0.4, 0.5) is 10.5 Å². The van der Waals surface area contributed by atoms with Gasteiger partial charge in [-0.05, 0) is 78.0 Å². The Balaban J connectivity index is 0.945. The highest BCUT2D eigenvalue weighted by Gasteiger charge is 2.39. The maximum Gasteiger partial charge on any atom is 0.411 e. The largest absolute Gasteiger partial charge is 0.506 e. The average Bonchev–Trinajstić information content (AvgIpc) is 3.20. The van der Waals surface area contributed by atoms with Crippen molar-refractivity contribution in [3.63, 3.8) is 0 Å². The molecule has 0 saturated carbocycles. The molecule has 4 aromatic carbocycles. The third-order valence-electron chi connectivity index (χ3n) is 11.4. The number of sulfone groups is 1. The number of aromatic hydroxyl groups is 1. The fourth-order valence-corrected chi connectivity index (χ4v) is 9.39. The van der Waals surface area contributed by atoms with E-state index < -0.39 is 24.2 Å². The summed E-state index contributed by atoms with van der Waals surface area (Å²) in [5, 5.41) is 20.7. The zero-order valence-corrected chi connectivity index (χ0v) is 36.4. The molecule has 5 N–H and O–H groups in total. The molecule has 1 saturated heterocycles. The van der Waals surface area contributed by atoms with E-state index in [0.29, 0.717) is 50.2 Å². The van der Waals surface area contributed by atoms with Gasteiger partial charge in [-0.15, -0.1) is 0 Å². The minimum Gasteiger partial charge on any atom is -0.506 e. The second-order valence-corrected chi connectivity index (χ2v) is 23.4. The van der Waals surface area contributed by atoms with Crippen LogP contribution in [0.25, 0.3) is 22.0 Å². The van der Waals surface area contributed by atoms with E-state index in [4.69, 9.17) is 9.16 Å². The lowest BCUT2D eigenvalue weighted by Gasteiger charge is -2.39. The number of fused-ring (bicyclic) bond motifs is 1. The summed E-state index contributed by atoms with van der Waals surface area (Å²) in [5.74, 6) is -0.175. The van der Waals surface area contributed by atoms with Gasteiger partial charge in [-0.3, -0.25) is 10.1 Å². The molecule has 0 bridgehead atoms. The van der Waals surface area contributed by atoms with Crippen LogP contribution >= 0.6 is 0 Å². The number of hydrogen-bond acceptors (Lipinski definition) is 10. The Kier molecular flexibility index (Phi) is 14.1. The topological polar surface area (TPSA) is 162 Å². The van der Waals surface area contributed by atoms with Crippen molar-refractivity contribution in [2.24, 2.45) is 0 Å². The van der Waals surface area contributed by atoms with Gasteiger partial charge in [0.05, 0.1) is 22.2 Å². The van der Waals surface area contributed by atoms with Crippen LogP contribution < -0.4 is 21.5 Å². The number of aromatic nitrogens is 1. The van der Waals surface area contributed by atoms with Gasteiger partial charge in [-0.2, -0.15) is 0 Å². The predicted octanol–water partition coefficient (Wildman–Crippen LogP) is 7.79. The molecule has 0 spiro atoms. The molecule has 14 heteroatoms. The first-order chi connectivity index (χ1) is 28.1. The maximum absolute atomic E-state index is 13.2. The van der Waals surface area contributed by atoms with Crippen LogP contribution in [-0.2, 0) is 25.5 Å². The van der Waals surface area contributed by atoms with E-state index in [0.717, 1.165) is 40.7 Å². The molecule has 12 nitrogen and oxygen atoms in total. The Morgan fingerprint density at radius 1 is 0.915 bits per heavy atom. The number of carbonyl (C=O) groups is 1. The zero-order valence-electron chi connectivity index (χ0n) is 34.6. The Bertz CT molecular complexity index is 2360. The number of aromatic amines is 1. The standard InChI is InChI=1S/C45H57N5O7SSi/c1-45(2,3)59(4,5)57-41(37-19-21-40(51)43-38(37)20-22-42(52)49-43)30-47-29-32-15-17-35(18-16-32)58(54,55)31-46-25-28-50-26-23-34(24-27-50)56-44(53)48-39-14-10-9-13-36(39)33-11-7-6-8-12-33/h6-22,34,41,46-47,51H,23-31H2,1-5H3,(H,48,53)(H,49,52)/t41-/m0/s1. The van der Waals surface area contributed by atoms with Crippen LogP contribution in [0.2, 0.25) is 18.1 Å². The lowest BCUT2D eigenvalue weighted by molar-refractivity contribution is 0.0594. The van der Waals surface area contributed by atoms with Crippen molar-refractivity contribution in [1.82, 2.24) is 20.5 Å². The summed E-state index contributed by atoms with van der Waals surface area (Å²) in [6.45, 7) is 14.5. The fraction of sp³-hybridized carbons (Fsp3) is 0.378. The third kappa shape index (κ3) is 11.5. The molecule has 5 aromatic rings. The minimum atomic E-state index is -3.56. The van der Waals surface area contributed by atoms with E-state index in [1.54, 1.807) is 24.3 Å². The Morgan fingerprint density at radius 2 is 1.61 bits per heavy atom. The van der Waals surface area contributed by atoms with Gasteiger partial charge in [0.15, 0.2) is 18.2 Å². The van der Waals surface area contributed by atoms with Crippen molar-refractivity contribution < 1.29 is 27.5 Å². The summed E-state index contributed by atoms with van der Waals surface area (Å²) in [5.41, 5.74) is 4.50. The van der Waals surface area contributed by atoms with E-state index in [2.05, 4.69) is 59.7 Å². The van der Waals surface area contributed by atoms with Crippen LogP contribution in [0.15, 0.2) is 113 Å². The highest BCUT2D eigenvalue weighted by Crippen LogP contribution is 2.41. The predicted molar refractivity (Wildman–Crippen MR) is 237 cm³/mol. The maximum atomic E-state index is 13.2. The monoisotopic (exact) mass is 839 g/mol. The molecule has 1 aliphatic rings. The van der Waals surface area contributed by atoms with Crippen LogP contribution in [0.3, 0.4) is 0 Å². The number of nitrogens with one attached hydrogen (secondary N) is 4. The number of rotatable bonds is 16. The van der Waals surface area contributed by atoms with Gasteiger partial charge in [0.25, 0.3) is 0 Å². The quantitative estimate of drug-likeness (QED) is 0.0490. The van der Waals surface area contributed by atoms with Gasteiger partial charge in [0, 0.05) is 56.3 Å². The highest BCUT2D eigenvalue weighted by molar-refractivity contribution is 7.91. The van der Waals surface area contributed by atoms with E-state index in [-0.39, 0.29) is 39.3 Å².